The molecule has 38 heavy (non-hydrogen) atoms. The molecule has 0 spiro atoms. The first-order valence-electron chi connectivity index (χ1n) is 11.8. The van der Waals surface area contributed by atoms with Crippen LogP contribution in [0.1, 0.15) is 6.92 Å². The van der Waals surface area contributed by atoms with E-state index in [1.807, 2.05) is 11.8 Å². The van der Waals surface area contributed by atoms with Crippen LogP contribution in [0, 0.1) is 5.82 Å². The van der Waals surface area contributed by atoms with Gasteiger partial charge < -0.3 is 24.8 Å². The summed E-state index contributed by atoms with van der Waals surface area (Å²) in [4.78, 5) is 34.9. The van der Waals surface area contributed by atoms with Gasteiger partial charge in [0.25, 0.3) is 0 Å². The first-order valence-corrected chi connectivity index (χ1v) is 12.2. The third-order valence-electron chi connectivity index (χ3n) is 5.56. The molecule has 1 unspecified atom stereocenters. The number of aromatic nitrogens is 2. The Morgan fingerprint density at radius 2 is 2.13 bits per heavy atom. The van der Waals surface area contributed by atoms with Crippen LogP contribution in [-0.4, -0.2) is 72.8 Å². The van der Waals surface area contributed by atoms with Crippen LogP contribution in [0.25, 0.3) is 10.9 Å². The van der Waals surface area contributed by atoms with E-state index in [1.54, 1.807) is 25.3 Å². The summed E-state index contributed by atoms with van der Waals surface area (Å²) in [5.41, 5.74) is 1.48. The van der Waals surface area contributed by atoms with E-state index in [1.165, 1.54) is 30.6 Å². The maximum atomic E-state index is 13.6. The number of amides is 1. The standard InChI is InChI=1S/C26H27ClFN5O5/c1-16-13-33(14-25(35)38-16)7-3-4-24(34)32-22-11-18-21(12-23(22)37-9-8-36-2)29-15-30-26(18)31-17-5-6-20(28)19(27)10-17/h3-6,10-12,15-16H,7-9,13-14H2,1-2H3,(H,32,34)(H,29,30,31). The van der Waals surface area contributed by atoms with Crippen molar-refractivity contribution < 1.29 is 28.2 Å². The Morgan fingerprint density at radius 1 is 1.29 bits per heavy atom. The van der Waals surface area contributed by atoms with Crippen LogP contribution in [0.5, 0.6) is 5.75 Å². The van der Waals surface area contributed by atoms with Gasteiger partial charge in [0.05, 0.1) is 29.4 Å². The van der Waals surface area contributed by atoms with Gasteiger partial charge in [0, 0.05) is 43.4 Å². The first-order chi connectivity index (χ1) is 18.3. The van der Waals surface area contributed by atoms with Crippen molar-refractivity contribution >= 4 is 51.6 Å². The molecule has 0 aliphatic carbocycles. The molecular weight excluding hydrogens is 517 g/mol. The minimum absolute atomic E-state index is 0.0298. The molecule has 1 aliphatic rings. The zero-order valence-corrected chi connectivity index (χ0v) is 21.6. The predicted molar refractivity (Wildman–Crippen MR) is 141 cm³/mol. The van der Waals surface area contributed by atoms with E-state index >= 15 is 0 Å². The number of carbonyl (C=O) groups excluding carboxylic acids is 2. The highest BCUT2D eigenvalue weighted by molar-refractivity contribution is 6.31. The molecule has 1 amide bonds. The average molecular weight is 544 g/mol. The number of nitrogens with zero attached hydrogens (tertiary/aromatic N) is 3. The number of rotatable bonds is 10. The lowest BCUT2D eigenvalue weighted by molar-refractivity contribution is -0.156. The number of morpholine rings is 1. The van der Waals surface area contributed by atoms with Crippen molar-refractivity contribution in [1.82, 2.24) is 14.9 Å². The maximum Gasteiger partial charge on any atom is 0.320 e. The van der Waals surface area contributed by atoms with Gasteiger partial charge in [-0.05, 0) is 31.2 Å². The van der Waals surface area contributed by atoms with Crippen LogP contribution >= 0.6 is 11.6 Å². The highest BCUT2D eigenvalue weighted by Crippen LogP contribution is 2.34. The quantitative estimate of drug-likeness (QED) is 0.223. The highest BCUT2D eigenvalue weighted by Gasteiger charge is 2.22. The van der Waals surface area contributed by atoms with Gasteiger partial charge in [-0.2, -0.15) is 0 Å². The number of ether oxygens (including phenoxy) is 3. The lowest BCUT2D eigenvalue weighted by Gasteiger charge is -2.29. The fourth-order valence-electron chi connectivity index (χ4n) is 3.88. The Hall–Kier alpha value is -3.80. The van der Waals surface area contributed by atoms with Crippen molar-refractivity contribution in [3.63, 3.8) is 0 Å². The van der Waals surface area contributed by atoms with E-state index in [0.29, 0.717) is 53.5 Å². The number of esters is 1. The minimum Gasteiger partial charge on any atom is -0.489 e. The number of hydrogen-bond donors (Lipinski definition) is 2. The second-order valence-electron chi connectivity index (χ2n) is 8.57. The van der Waals surface area contributed by atoms with E-state index in [4.69, 9.17) is 25.8 Å². The van der Waals surface area contributed by atoms with E-state index in [9.17, 15) is 14.0 Å². The summed E-state index contributed by atoms with van der Waals surface area (Å²) in [6.45, 7) is 3.62. The van der Waals surface area contributed by atoms with Crippen molar-refractivity contribution in [2.75, 3.05) is 50.6 Å². The Kier molecular flexibility index (Phi) is 9.06. The van der Waals surface area contributed by atoms with Crippen LogP contribution < -0.4 is 15.4 Å². The third-order valence-corrected chi connectivity index (χ3v) is 5.85. The number of anilines is 3. The van der Waals surface area contributed by atoms with Crippen LogP contribution in [0.2, 0.25) is 5.02 Å². The van der Waals surface area contributed by atoms with Gasteiger partial charge in [0.1, 0.15) is 36.4 Å². The van der Waals surface area contributed by atoms with Crippen molar-refractivity contribution in [2.24, 2.45) is 0 Å². The molecule has 4 rings (SSSR count). The number of benzene rings is 2. The van der Waals surface area contributed by atoms with Gasteiger partial charge in [-0.3, -0.25) is 14.5 Å². The summed E-state index contributed by atoms with van der Waals surface area (Å²) in [6, 6.07) is 7.62. The van der Waals surface area contributed by atoms with Gasteiger partial charge >= 0.3 is 5.97 Å². The zero-order valence-electron chi connectivity index (χ0n) is 20.9. The van der Waals surface area contributed by atoms with Crippen molar-refractivity contribution in [3.8, 4) is 5.75 Å². The zero-order chi connectivity index (χ0) is 27.1. The summed E-state index contributed by atoms with van der Waals surface area (Å²) in [6.07, 6.45) is 4.27. The van der Waals surface area contributed by atoms with E-state index in [2.05, 4.69) is 20.6 Å². The summed E-state index contributed by atoms with van der Waals surface area (Å²) >= 11 is 5.91. The van der Waals surface area contributed by atoms with Crippen molar-refractivity contribution in [3.05, 3.63) is 59.7 Å². The van der Waals surface area contributed by atoms with Crippen LogP contribution in [0.4, 0.5) is 21.6 Å². The monoisotopic (exact) mass is 543 g/mol. The molecule has 3 aromatic rings. The van der Waals surface area contributed by atoms with E-state index in [-0.39, 0.29) is 36.2 Å². The highest BCUT2D eigenvalue weighted by atomic mass is 35.5. The molecule has 1 aromatic heterocycles. The molecule has 1 fully saturated rings. The maximum absolute atomic E-state index is 13.6. The number of cyclic esters (lactones) is 1. The molecular formula is C26H27ClFN5O5. The summed E-state index contributed by atoms with van der Waals surface area (Å²) in [7, 11) is 1.56. The minimum atomic E-state index is -0.532. The molecule has 1 atom stereocenters. The van der Waals surface area contributed by atoms with Gasteiger partial charge in [-0.1, -0.05) is 17.7 Å². The lowest BCUT2D eigenvalue weighted by Crippen LogP contribution is -2.44. The Bertz CT molecular complexity index is 1360. The topological polar surface area (TPSA) is 115 Å². The third kappa shape index (κ3) is 7.15. The van der Waals surface area contributed by atoms with Crippen LogP contribution in [-0.2, 0) is 19.1 Å². The fraction of sp³-hybridized carbons (Fsp3) is 0.308. The number of methoxy groups -OCH3 is 1. The number of hydrogen-bond acceptors (Lipinski definition) is 9. The smallest absolute Gasteiger partial charge is 0.320 e. The molecule has 2 N–H and O–H groups in total. The molecule has 0 bridgehead atoms. The Morgan fingerprint density at radius 3 is 2.89 bits per heavy atom. The number of carbonyl (C=O) groups is 2. The summed E-state index contributed by atoms with van der Waals surface area (Å²) in [5, 5.41) is 6.51. The SMILES string of the molecule is COCCOc1cc2ncnc(Nc3ccc(F)c(Cl)c3)c2cc1NC(=O)C=CCN1CC(=O)OC(C)C1. The molecule has 12 heteroatoms. The largest absolute Gasteiger partial charge is 0.489 e. The Labute approximate surface area is 223 Å². The second-order valence-corrected chi connectivity index (χ2v) is 8.98. The molecule has 2 heterocycles. The molecule has 1 aliphatic heterocycles. The normalized spacial score (nSPS) is 16.0. The molecule has 0 radical (unpaired) electrons. The second kappa shape index (κ2) is 12.6. The van der Waals surface area contributed by atoms with Gasteiger partial charge in [0.15, 0.2) is 0 Å². The van der Waals surface area contributed by atoms with Crippen LogP contribution in [0.15, 0.2) is 48.8 Å². The van der Waals surface area contributed by atoms with E-state index < -0.39 is 5.82 Å². The average Bonchev–Trinajstić information content (AvgIpc) is 2.86. The lowest BCUT2D eigenvalue weighted by atomic mass is 10.1. The van der Waals surface area contributed by atoms with Gasteiger partial charge in [-0.15, -0.1) is 0 Å². The predicted octanol–water partition coefficient (Wildman–Crippen LogP) is 3.93. The fourth-order valence-corrected chi connectivity index (χ4v) is 4.06. The number of fused-ring (bicyclic) bond motifs is 1. The van der Waals surface area contributed by atoms with Crippen molar-refractivity contribution in [1.29, 1.82) is 0 Å². The van der Waals surface area contributed by atoms with Crippen LogP contribution in [0.3, 0.4) is 0 Å². The first kappa shape index (κ1) is 27.2. The van der Waals surface area contributed by atoms with Gasteiger partial charge in [-0.25, -0.2) is 14.4 Å². The van der Waals surface area contributed by atoms with Crippen molar-refractivity contribution in [2.45, 2.75) is 13.0 Å². The molecule has 1 saturated heterocycles. The number of halogens is 2. The molecule has 200 valence electrons. The van der Waals surface area contributed by atoms with Gasteiger partial charge in [0.2, 0.25) is 5.91 Å². The van der Waals surface area contributed by atoms with E-state index in [0.717, 1.165) is 0 Å². The number of nitrogens with one attached hydrogen (secondary N) is 2. The Balaban J connectivity index is 1.56. The molecule has 2 aromatic carbocycles. The molecule has 10 nitrogen and oxygen atoms in total. The summed E-state index contributed by atoms with van der Waals surface area (Å²) < 4.78 is 29.6. The summed E-state index contributed by atoms with van der Waals surface area (Å²) in [5.74, 6) is -0.373. The molecule has 0 saturated carbocycles.